The van der Waals surface area contributed by atoms with E-state index in [1.165, 1.54) is 7.11 Å². The van der Waals surface area contributed by atoms with Gasteiger partial charge in [-0.3, -0.25) is 19.2 Å². The molecule has 2 aliphatic heterocycles. The first kappa shape index (κ1) is 31.2. The van der Waals surface area contributed by atoms with E-state index >= 15 is 0 Å². The van der Waals surface area contributed by atoms with Gasteiger partial charge in [-0.15, -0.1) is 0 Å². The molecule has 3 heterocycles. The zero-order valence-corrected chi connectivity index (χ0v) is 26.3. The van der Waals surface area contributed by atoms with Gasteiger partial charge in [-0.25, -0.2) is 0 Å². The second-order valence-electron chi connectivity index (χ2n) is 11.6. The van der Waals surface area contributed by atoms with Crippen molar-refractivity contribution in [2.24, 2.45) is 0 Å². The number of fused-ring (bicyclic) bond motifs is 1. The number of amides is 3. The van der Waals surface area contributed by atoms with Gasteiger partial charge in [0.25, 0.3) is 5.91 Å². The molecule has 2 aliphatic rings. The first-order chi connectivity index (χ1) is 22.3. The van der Waals surface area contributed by atoms with E-state index in [2.05, 4.69) is 22.3 Å². The Morgan fingerprint density at radius 3 is 2.43 bits per heavy atom. The van der Waals surface area contributed by atoms with E-state index in [0.717, 1.165) is 35.8 Å². The molecule has 0 unspecified atom stereocenters. The molecule has 11 heteroatoms. The lowest BCUT2D eigenvalue weighted by molar-refractivity contribution is -0.133. The van der Waals surface area contributed by atoms with Crippen molar-refractivity contribution in [2.45, 2.75) is 31.8 Å². The van der Waals surface area contributed by atoms with Crippen LogP contribution in [0.15, 0.2) is 82.0 Å². The van der Waals surface area contributed by atoms with Crippen LogP contribution >= 0.6 is 11.6 Å². The number of nitrogens with one attached hydrogen (secondary N) is 1. The second kappa shape index (κ2) is 13.7. The fourth-order valence-corrected chi connectivity index (χ4v) is 6.20. The summed E-state index contributed by atoms with van der Waals surface area (Å²) in [5, 5.41) is 3.71. The largest absolute Gasteiger partial charge is 0.497 e. The Morgan fingerprint density at radius 1 is 0.957 bits per heavy atom. The zero-order chi connectivity index (χ0) is 32.2. The molecule has 0 radical (unpaired) electrons. The molecule has 6 rings (SSSR count). The van der Waals surface area contributed by atoms with E-state index in [0.29, 0.717) is 55.3 Å². The van der Waals surface area contributed by atoms with Crippen LogP contribution in [0.3, 0.4) is 0 Å². The highest BCUT2D eigenvalue weighted by molar-refractivity contribution is 6.30. The Labute approximate surface area is 271 Å². The lowest BCUT2D eigenvalue weighted by Crippen LogP contribution is -2.55. The molecule has 238 valence electrons. The minimum atomic E-state index is -0.917. The minimum Gasteiger partial charge on any atom is -0.497 e. The average Bonchev–Trinajstić information content (AvgIpc) is 3.48. The van der Waals surface area contributed by atoms with Crippen LogP contribution in [0.5, 0.6) is 5.75 Å². The van der Waals surface area contributed by atoms with Gasteiger partial charge in [-0.2, -0.15) is 0 Å². The number of carbonyl (C=O) groups excluding carboxylic acids is 3. The van der Waals surface area contributed by atoms with Gasteiger partial charge in [-0.1, -0.05) is 41.9 Å². The van der Waals surface area contributed by atoms with Gasteiger partial charge in [-0.05, 0) is 47.9 Å². The maximum Gasteiger partial charge on any atom is 0.287 e. The van der Waals surface area contributed by atoms with Crippen molar-refractivity contribution in [3.05, 3.63) is 105 Å². The van der Waals surface area contributed by atoms with Gasteiger partial charge in [0.05, 0.1) is 12.5 Å². The summed E-state index contributed by atoms with van der Waals surface area (Å²) in [6, 6.07) is 20.2. The fraction of sp³-hybridized carbons (Fsp3) is 0.314. The molecule has 46 heavy (non-hydrogen) atoms. The Bertz CT molecular complexity index is 1820. The van der Waals surface area contributed by atoms with Gasteiger partial charge in [0.15, 0.2) is 11.2 Å². The molecular weight excluding hydrogens is 608 g/mol. The van der Waals surface area contributed by atoms with E-state index in [4.69, 9.17) is 20.8 Å². The van der Waals surface area contributed by atoms with Crippen molar-refractivity contribution in [1.29, 1.82) is 0 Å². The van der Waals surface area contributed by atoms with Crippen LogP contribution in [0, 0.1) is 0 Å². The molecule has 3 aromatic carbocycles. The molecule has 0 bridgehead atoms. The van der Waals surface area contributed by atoms with Gasteiger partial charge >= 0.3 is 0 Å². The van der Waals surface area contributed by atoms with Crippen molar-refractivity contribution < 1.29 is 23.5 Å². The number of anilines is 1. The second-order valence-corrected chi connectivity index (χ2v) is 12.0. The van der Waals surface area contributed by atoms with Gasteiger partial charge in [0.1, 0.15) is 17.4 Å². The Morgan fingerprint density at radius 2 is 1.72 bits per heavy atom. The fourth-order valence-electron chi connectivity index (χ4n) is 6.08. The number of benzene rings is 3. The van der Waals surface area contributed by atoms with Crippen LogP contribution in [-0.2, 0) is 22.6 Å². The predicted molar refractivity (Wildman–Crippen MR) is 175 cm³/mol. The topological polar surface area (TPSA) is 112 Å². The number of carbonyl (C=O) groups is 3. The summed E-state index contributed by atoms with van der Waals surface area (Å²) in [5.74, 6) is -0.434. The van der Waals surface area contributed by atoms with Crippen LogP contribution in [-0.4, -0.2) is 73.4 Å². The minimum absolute atomic E-state index is 0.182. The van der Waals surface area contributed by atoms with Crippen LogP contribution in [0.4, 0.5) is 5.69 Å². The molecule has 2 saturated heterocycles. The van der Waals surface area contributed by atoms with Crippen LogP contribution in [0.2, 0.25) is 5.02 Å². The summed E-state index contributed by atoms with van der Waals surface area (Å²) >= 11 is 6.09. The number of hydrogen-bond donors (Lipinski definition) is 1. The van der Waals surface area contributed by atoms with Crippen LogP contribution < -0.4 is 20.4 Å². The molecule has 3 amide bonds. The normalized spacial score (nSPS) is 15.7. The number of piperazine rings is 1. The SMILES string of the molecule is COc1ccc2c(=O)cc(C(=O)N[C@H](Cc3ccc(Cl)cc3)C(=O)N3CCN(c4ccccc4CN4CCCC4=O)CC3)oc2c1. The van der Waals surface area contributed by atoms with E-state index in [9.17, 15) is 19.2 Å². The molecule has 1 atom stereocenters. The molecule has 1 aromatic heterocycles. The third kappa shape index (κ3) is 6.87. The van der Waals surface area contributed by atoms with E-state index in [1.807, 2.05) is 29.2 Å². The number of rotatable bonds is 9. The Kier molecular flexibility index (Phi) is 9.25. The lowest BCUT2D eigenvalue weighted by Gasteiger charge is -2.38. The zero-order valence-electron chi connectivity index (χ0n) is 25.5. The number of hydrogen-bond acceptors (Lipinski definition) is 7. The molecule has 0 spiro atoms. The van der Waals surface area contributed by atoms with Crippen LogP contribution in [0.1, 0.15) is 34.5 Å². The summed E-state index contributed by atoms with van der Waals surface area (Å²) in [4.78, 5) is 58.4. The lowest BCUT2D eigenvalue weighted by atomic mass is 10.0. The van der Waals surface area contributed by atoms with E-state index in [-0.39, 0.29) is 35.0 Å². The number of halogens is 1. The number of para-hydroxylation sites is 1. The monoisotopic (exact) mass is 642 g/mol. The Balaban J connectivity index is 1.19. The molecular formula is C35H35ClN4O6. The quantitative estimate of drug-likeness (QED) is 0.290. The number of nitrogens with zero attached hydrogens (tertiary/aromatic N) is 3. The first-order valence-electron chi connectivity index (χ1n) is 15.4. The van der Waals surface area contributed by atoms with Crippen molar-refractivity contribution in [3.8, 4) is 5.75 Å². The molecule has 0 aliphatic carbocycles. The van der Waals surface area contributed by atoms with Crippen molar-refractivity contribution in [1.82, 2.24) is 15.1 Å². The van der Waals surface area contributed by atoms with Crippen molar-refractivity contribution >= 4 is 46.0 Å². The highest BCUT2D eigenvalue weighted by Crippen LogP contribution is 2.26. The molecule has 10 nitrogen and oxygen atoms in total. The third-order valence-corrected chi connectivity index (χ3v) is 8.82. The Hall–Kier alpha value is -4.83. The van der Waals surface area contributed by atoms with Gasteiger partial charge in [0, 0.05) is 75.0 Å². The maximum atomic E-state index is 14.0. The number of likely N-dealkylation sites (tertiary alicyclic amines) is 1. The summed E-state index contributed by atoms with van der Waals surface area (Å²) in [7, 11) is 1.50. The highest BCUT2D eigenvalue weighted by atomic mass is 35.5. The van der Waals surface area contributed by atoms with Gasteiger partial charge < -0.3 is 29.2 Å². The summed E-state index contributed by atoms with van der Waals surface area (Å²) in [6.45, 7) is 3.44. The van der Waals surface area contributed by atoms with Crippen molar-refractivity contribution in [3.63, 3.8) is 0 Å². The summed E-state index contributed by atoms with van der Waals surface area (Å²) in [6.07, 6.45) is 1.70. The van der Waals surface area contributed by atoms with Crippen LogP contribution in [0.25, 0.3) is 11.0 Å². The standard InChI is InChI=1S/C35H35ClN4O6/c1-45-26-12-13-27-30(41)21-32(46-31(27)20-26)34(43)37-28(19-23-8-10-25(36)11-9-23)35(44)39-17-15-38(16-18-39)29-6-3-2-5-24(29)22-40-14-4-7-33(40)42/h2-3,5-6,8-13,20-21,28H,4,7,14-19,22H2,1H3,(H,37,43)/t28-/m1/s1. The molecule has 2 fully saturated rings. The smallest absolute Gasteiger partial charge is 0.287 e. The maximum absolute atomic E-state index is 14.0. The molecule has 4 aromatic rings. The number of ether oxygens (including phenoxy) is 1. The highest BCUT2D eigenvalue weighted by Gasteiger charge is 2.31. The van der Waals surface area contributed by atoms with E-state index in [1.54, 1.807) is 35.2 Å². The molecule has 1 N–H and O–H groups in total. The predicted octanol–water partition coefficient (Wildman–Crippen LogP) is 4.27. The summed E-state index contributed by atoms with van der Waals surface area (Å²) < 4.78 is 11.0. The number of methoxy groups -OCH3 is 1. The van der Waals surface area contributed by atoms with Crippen molar-refractivity contribution in [2.75, 3.05) is 44.7 Å². The van der Waals surface area contributed by atoms with E-state index < -0.39 is 11.9 Å². The molecule has 0 saturated carbocycles. The summed E-state index contributed by atoms with van der Waals surface area (Å²) in [5.41, 5.74) is 2.79. The van der Waals surface area contributed by atoms with Gasteiger partial charge in [0.2, 0.25) is 11.8 Å². The third-order valence-electron chi connectivity index (χ3n) is 8.57. The average molecular weight is 643 g/mol. The first-order valence-corrected chi connectivity index (χ1v) is 15.7.